The molecular weight excluding hydrogens is 531 g/mol. The van der Waals surface area contributed by atoms with E-state index in [0.717, 1.165) is 28.3 Å². The summed E-state index contributed by atoms with van der Waals surface area (Å²) >= 11 is 1.80. The van der Waals surface area contributed by atoms with Gasteiger partial charge >= 0.3 is 0 Å². The van der Waals surface area contributed by atoms with Gasteiger partial charge in [-0.2, -0.15) is 10.2 Å². The molecule has 7 aromatic carbocycles. The fraction of sp³-hybridized carbons (Fsp3) is 0. The molecule has 0 amide bonds. The Hall–Kier alpha value is -5.19. The van der Waals surface area contributed by atoms with Gasteiger partial charge < -0.3 is 5.32 Å². The number of nitrogens with one attached hydrogen (secondary N) is 1. The number of hydrogen-bond acceptors (Lipinski definition) is 4. The fourth-order valence-corrected chi connectivity index (χ4v) is 6.76. The lowest BCUT2D eigenvalue weighted by Gasteiger charge is -2.23. The van der Waals surface area contributed by atoms with Gasteiger partial charge in [-0.15, -0.1) is 0 Å². The van der Waals surface area contributed by atoms with Gasteiger partial charge in [0, 0.05) is 15.4 Å². The molecule has 198 valence electrons. The van der Waals surface area contributed by atoms with Crippen molar-refractivity contribution in [3.05, 3.63) is 146 Å². The van der Waals surface area contributed by atoms with Crippen molar-refractivity contribution in [2.75, 3.05) is 5.32 Å². The summed E-state index contributed by atoms with van der Waals surface area (Å²) < 4.78 is 0. The van der Waals surface area contributed by atoms with Crippen LogP contribution < -0.4 is 5.32 Å². The number of para-hydroxylation sites is 2. The van der Waals surface area contributed by atoms with Crippen molar-refractivity contribution < 1.29 is 0 Å². The zero-order valence-electron chi connectivity index (χ0n) is 22.7. The number of rotatable bonds is 4. The van der Waals surface area contributed by atoms with Crippen molar-refractivity contribution >= 4 is 56.1 Å². The molecule has 0 radical (unpaired) electrons. The monoisotopic (exact) mass is 555 g/mol. The molecular formula is C38H25N3S. The highest BCUT2D eigenvalue weighted by Gasteiger charge is 2.18. The lowest BCUT2D eigenvalue weighted by molar-refractivity contribution is 1.23. The van der Waals surface area contributed by atoms with E-state index in [1.807, 2.05) is 24.3 Å². The Kier molecular flexibility index (Phi) is 6.05. The van der Waals surface area contributed by atoms with Crippen molar-refractivity contribution in [1.29, 1.82) is 0 Å². The quantitative estimate of drug-likeness (QED) is 0.173. The van der Waals surface area contributed by atoms with Crippen LogP contribution in [0, 0.1) is 0 Å². The molecule has 1 aliphatic heterocycles. The summed E-state index contributed by atoms with van der Waals surface area (Å²) in [6.07, 6.45) is 0. The van der Waals surface area contributed by atoms with Crippen LogP contribution in [0.3, 0.4) is 0 Å². The second kappa shape index (κ2) is 10.3. The van der Waals surface area contributed by atoms with E-state index >= 15 is 0 Å². The van der Waals surface area contributed by atoms with Gasteiger partial charge in [0.25, 0.3) is 0 Å². The van der Waals surface area contributed by atoms with Gasteiger partial charge in [0.15, 0.2) is 0 Å². The maximum Gasteiger partial charge on any atom is 0.0857 e. The van der Waals surface area contributed by atoms with Crippen LogP contribution in [0.1, 0.15) is 0 Å². The summed E-state index contributed by atoms with van der Waals surface area (Å²) in [6, 6.07) is 51.0. The number of hydrogen-bond donors (Lipinski definition) is 1. The lowest BCUT2D eigenvalue weighted by Crippen LogP contribution is -2.01. The third kappa shape index (κ3) is 4.43. The highest BCUT2D eigenvalue weighted by molar-refractivity contribution is 7.99. The first-order valence-corrected chi connectivity index (χ1v) is 14.8. The van der Waals surface area contributed by atoms with Gasteiger partial charge in [-0.1, -0.05) is 109 Å². The van der Waals surface area contributed by atoms with E-state index in [1.54, 1.807) is 11.8 Å². The molecule has 0 atom stereocenters. The maximum atomic E-state index is 4.54. The fourth-order valence-electron chi connectivity index (χ4n) is 5.74. The minimum absolute atomic E-state index is 0.820. The molecule has 3 nitrogen and oxygen atoms in total. The molecule has 1 N–H and O–H groups in total. The average molecular weight is 556 g/mol. The molecule has 0 aromatic heterocycles. The van der Waals surface area contributed by atoms with Crippen LogP contribution >= 0.6 is 11.8 Å². The number of anilines is 2. The first kappa shape index (κ1) is 24.6. The minimum atomic E-state index is 0.820. The van der Waals surface area contributed by atoms with Crippen molar-refractivity contribution in [2.24, 2.45) is 10.2 Å². The number of benzene rings is 7. The van der Waals surface area contributed by atoms with E-state index < -0.39 is 0 Å². The summed E-state index contributed by atoms with van der Waals surface area (Å²) in [5.41, 5.74) is 8.68. The summed E-state index contributed by atoms with van der Waals surface area (Å²) in [6.45, 7) is 0. The first-order valence-electron chi connectivity index (χ1n) is 14.0. The molecule has 8 rings (SSSR count). The van der Waals surface area contributed by atoms with Crippen LogP contribution in [0.4, 0.5) is 22.7 Å². The molecule has 0 spiro atoms. The molecule has 1 heterocycles. The number of nitrogens with zero attached hydrogens (tertiary/aromatic N) is 2. The predicted octanol–water partition coefficient (Wildman–Crippen LogP) is 12.0. The zero-order chi connectivity index (χ0) is 27.9. The molecule has 7 aromatic rings. The molecule has 0 unspecified atom stereocenters. The molecule has 0 saturated heterocycles. The largest absolute Gasteiger partial charge is 0.353 e. The number of fused-ring (bicyclic) bond motifs is 4. The smallest absolute Gasteiger partial charge is 0.0857 e. The van der Waals surface area contributed by atoms with E-state index in [9.17, 15) is 0 Å². The predicted molar refractivity (Wildman–Crippen MR) is 177 cm³/mol. The van der Waals surface area contributed by atoms with Gasteiger partial charge in [0.1, 0.15) is 0 Å². The van der Waals surface area contributed by atoms with Gasteiger partial charge in [0.05, 0.1) is 22.7 Å². The normalized spacial score (nSPS) is 12.3. The van der Waals surface area contributed by atoms with E-state index in [1.165, 1.54) is 48.0 Å². The van der Waals surface area contributed by atoms with Crippen LogP contribution in [-0.2, 0) is 0 Å². The molecule has 0 aliphatic carbocycles. The van der Waals surface area contributed by atoms with Crippen molar-refractivity contribution in [2.45, 2.75) is 9.79 Å². The second-order valence-corrected chi connectivity index (χ2v) is 11.5. The van der Waals surface area contributed by atoms with Crippen molar-refractivity contribution in [3.8, 4) is 22.3 Å². The van der Waals surface area contributed by atoms with Gasteiger partial charge in [-0.25, -0.2) is 0 Å². The average Bonchev–Trinajstić information content (AvgIpc) is 3.05. The SMILES string of the molecule is c1ccc2c(c1)Nc1c(cccc1-c1ccc(N=Nc3ccc(-c4c5ccccc5cc5ccccc45)cc3)cc1)S2. The van der Waals surface area contributed by atoms with Crippen LogP contribution in [0.15, 0.2) is 166 Å². The second-order valence-electron chi connectivity index (χ2n) is 10.4. The molecule has 0 bridgehead atoms. The molecule has 0 saturated carbocycles. The van der Waals surface area contributed by atoms with E-state index in [0.29, 0.717) is 0 Å². The van der Waals surface area contributed by atoms with Crippen molar-refractivity contribution in [1.82, 2.24) is 0 Å². The molecule has 42 heavy (non-hydrogen) atoms. The molecule has 0 fully saturated rings. The van der Waals surface area contributed by atoms with E-state index in [4.69, 9.17) is 0 Å². The van der Waals surface area contributed by atoms with Crippen LogP contribution in [0.5, 0.6) is 0 Å². The lowest BCUT2D eigenvalue weighted by atomic mass is 9.92. The van der Waals surface area contributed by atoms with Crippen LogP contribution in [0.2, 0.25) is 0 Å². The Morgan fingerprint density at radius 1 is 0.476 bits per heavy atom. The third-order valence-electron chi connectivity index (χ3n) is 7.78. The Bertz CT molecular complexity index is 2080. The summed E-state index contributed by atoms with van der Waals surface area (Å²) in [7, 11) is 0. The Morgan fingerprint density at radius 2 is 1.05 bits per heavy atom. The summed E-state index contributed by atoms with van der Waals surface area (Å²) in [5.74, 6) is 0. The summed E-state index contributed by atoms with van der Waals surface area (Å²) in [4.78, 5) is 2.48. The third-order valence-corrected chi connectivity index (χ3v) is 8.92. The van der Waals surface area contributed by atoms with Gasteiger partial charge in [0.2, 0.25) is 0 Å². The Labute approximate surface area is 248 Å². The van der Waals surface area contributed by atoms with Gasteiger partial charge in [-0.3, -0.25) is 0 Å². The Morgan fingerprint density at radius 3 is 1.74 bits per heavy atom. The summed E-state index contributed by atoms with van der Waals surface area (Å²) in [5, 5.41) is 17.7. The highest BCUT2D eigenvalue weighted by atomic mass is 32.2. The first-order chi connectivity index (χ1) is 20.8. The van der Waals surface area contributed by atoms with Crippen LogP contribution in [0.25, 0.3) is 43.8 Å². The maximum absolute atomic E-state index is 4.54. The standard InChI is InChI=1S/C38H25N3S/c1-3-10-31-27(8-1)24-28-9-2-4-11-32(28)37(31)26-18-22-30(23-19-26)41-40-29-20-16-25(17-21-29)33-12-7-15-36-38(33)39-34-13-5-6-14-35(34)42-36/h1-24,39H. The van der Waals surface area contributed by atoms with Crippen LogP contribution in [-0.4, -0.2) is 0 Å². The number of azo groups is 1. The Balaban J connectivity index is 1.06. The highest BCUT2D eigenvalue weighted by Crippen LogP contribution is 2.48. The van der Waals surface area contributed by atoms with Gasteiger partial charge in [-0.05, 0) is 86.8 Å². The van der Waals surface area contributed by atoms with Crippen molar-refractivity contribution in [3.63, 3.8) is 0 Å². The van der Waals surface area contributed by atoms with E-state index in [-0.39, 0.29) is 0 Å². The molecule has 4 heteroatoms. The van der Waals surface area contributed by atoms with E-state index in [2.05, 4.69) is 137 Å². The minimum Gasteiger partial charge on any atom is -0.353 e. The zero-order valence-corrected chi connectivity index (χ0v) is 23.5. The molecule has 1 aliphatic rings. The topological polar surface area (TPSA) is 36.8 Å².